The quantitative estimate of drug-likeness (QED) is 0.930. The first-order valence-corrected chi connectivity index (χ1v) is 7.47. The fourth-order valence-corrected chi connectivity index (χ4v) is 2.80. The van der Waals surface area contributed by atoms with Crippen LogP contribution in [0, 0.1) is 5.92 Å². The summed E-state index contributed by atoms with van der Waals surface area (Å²) in [5, 5.41) is 7.69. The number of rotatable bonds is 4. The molecule has 0 saturated carbocycles. The Balaban J connectivity index is 1.97. The van der Waals surface area contributed by atoms with Crippen LogP contribution < -0.4 is 10.1 Å². The van der Waals surface area contributed by atoms with Crippen LogP contribution in [-0.4, -0.2) is 11.7 Å². The highest BCUT2D eigenvalue weighted by Gasteiger charge is 2.38. The molecule has 0 radical (unpaired) electrons. The van der Waals surface area contributed by atoms with Gasteiger partial charge in [-0.15, -0.1) is 0 Å². The van der Waals surface area contributed by atoms with E-state index in [1.54, 1.807) is 0 Å². The molecule has 1 N–H and O–H groups in total. The van der Waals surface area contributed by atoms with Crippen LogP contribution in [-0.2, 0) is 12.1 Å². The summed E-state index contributed by atoms with van der Waals surface area (Å²) in [4.78, 5) is 0. The molecule has 1 aromatic carbocycles. The molecule has 2 heterocycles. The van der Waals surface area contributed by atoms with Gasteiger partial charge in [-0.25, -0.2) is 0 Å². The summed E-state index contributed by atoms with van der Waals surface area (Å²) < 4.78 is 11.8. The van der Waals surface area contributed by atoms with Crippen LogP contribution in [0.5, 0.6) is 5.75 Å². The third-order valence-corrected chi connectivity index (χ3v) is 3.71. The molecule has 21 heavy (non-hydrogen) atoms. The van der Waals surface area contributed by atoms with Crippen molar-refractivity contribution in [1.29, 1.82) is 0 Å². The van der Waals surface area contributed by atoms with Crippen LogP contribution in [0.25, 0.3) is 11.3 Å². The summed E-state index contributed by atoms with van der Waals surface area (Å²) in [5.74, 6) is 2.30. The van der Waals surface area contributed by atoms with Crippen LogP contribution in [0.15, 0.2) is 28.8 Å². The topological polar surface area (TPSA) is 47.3 Å². The molecule has 0 fully saturated rings. The molecule has 4 heteroatoms. The van der Waals surface area contributed by atoms with Crippen molar-refractivity contribution in [2.75, 3.05) is 6.54 Å². The van der Waals surface area contributed by atoms with E-state index in [9.17, 15) is 0 Å². The first-order chi connectivity index (χ1) is 9.99. The van der Waals surface area contributed by atoms with Crippen molar-refractivity contribution in [3.8, 4) is 17.1 Å². The lowest BCUT2D eigenvalue weighted by molar-refractivity contribution is 0.103. The zero-order valence-corrected chi connectivity index (χ0v) is 13.1. The Bertz CT molecular complexity index is 644. The summed E-state index contributed by atoms with van der Waals surface area (Å²) in [6, 6.07) is 7.95. The SMILES string of the molecule is CC(C)CNCc1noc2c1C(C)(C)Oc1ccccc1-2. The average Bonchev–Trinajstić information content (AvgIpc) is 2.83. The fourth-order valence-electron chi connectivity index (χ4n) is 2.80. The summed E-state index contributed by atoms with van der Waals surface area (Å²) in [5.41, 5.74) is 2.54. The smallest absolute Gasteiger partial charge is 0.178 e. The van der Waals surface area contributed by atoms with E-state index in [1.165, 1.54) is 0 Å². The Hall–Kier alpha value is -1.81. The lowest BCUT2D eigenvalue weighted by atomic mass is 9.89. The van der Waals surface area contributed by atoms with Crippen molar-refractivity contribution >= 4 is 0 Å². The number of para-hydroxylation sites is 1. The molecule has 4 nitrogen and oxygen atoms in total. The van der Waals surface area contributed by atoms with Crippen molar-refractivity contribution in [2.24, 2.45) is 5.92 Å². The molecule has 0 unspecified atom stereocenters. The predicted molar refractivity (Wildman–Crippen MR) is 82.1 cm³/mol. The van der Waals surface area contributed by atoms with Crippen LogP contribution in [0.4, 0.5) is 0 Å². The highest BCUT2D eigenvalue weighted by molar-refractivity contribution is 5.72. The number of fused-ring (bicyclic) bond motifs is 3. The van der Waals surface area contributed by atoms with Gasteiger partial charge in [-0.05, 0) is 38.4 Å². The van der Waals surface area contributed by atoms with Gasteiger partial charge < -0.3 is 14.6 Å². The largest absolute Gasteiger partial charge is 0.482 e. The number of aromatic nitrogens is 1. The van der Waals surface area contributed by atoms with Crippen molar-refractivity contribution in [3.63, 3.8) is 0 Å². The van der Waals surface area contributed by atoms with Gasteiger partial charge in [-0.1, -0.05) is 31.1 Å². The van der Waals surface area contributed by atoms with Crippen molar-refractivity contribution in [1.82, 2.24) is 10.5 Å². The summed E-state index contributed by atoms with van der Waals surface area (Å²) in [7, 11) is 0. The molecular formula is C17H22N2O2. The van der Waals surface area contributed by atoms with E-state index in [4.69, 9.17) is 9.26 Å². The Kier molecular flexibility index (Phi) is 3.49. The van der Waals surface area contributed by atoms with Gasteiger partial charge in [0.2, 0.25) is 0 Å². The van der Waals surface area contributed by atoms with E-state index in [0.717, 1.165) is 34.9 Å². The van der Waals surface area contributed by atoms with E-state index in [0.29, 0.717) is 12.5 Å². The standard InChI is InChI=1S/C17H22N2O2/c1-11(2)9-18-10-13-15-16(21-19-13)12-7-5-6-8-14(12)20-17(15,3)4/h5-8,11,18H,9-10H2,1-4H3. The minimum Gasteiger partial charge on any atom is -0.482 e. The van der Waals surface area contributed by atoms with Gasteiger partial charge in [0.25, 0.3) is 0 Å². The van der Waals surface area contributed by atoms with E-state index in [-0.39, 0.29) is 0 Å². The van der Waals surface area contributed by atoms with Gasteiger partial charge in [0.1, 0.15) is 17.0 Å². The van der Waals surface area contributed by atoms with Gasteiger partial charge in [-0.2, -0.15) is 0 Å². The zero-order chi connectivity index (χ0) is 15.0. The Morgan fingerprint density at radius 2 is 2.00 bits per heavy atom. The number of benzene rings is 1. The number of nitrogens with one attached hydrogen (secondary N) is 1. The van der Waals surface area contributed by atoms with Gasteiger partial charge in [0.05, 0.1) is 11.1 Å². The van der Waals surface area contributed by atoms with Crippen LogP contribution >= 0.6 is 0 Å². The Labute approximate surface area is 125 Å². The Morgan fingerprint density at radius 1 is 1.24 bits per heavy atom. The second kappa shape index (κ2) is 5.19. The van der Waals surface area contributed by atoms with Gasteiger partial charge >= 0.3 is 0 Å². The maximum absolute atomic E-state index is 6.14. The molecule has 0 atom stereocenters. The van der Waals surface area contributed by atoms with Crippen LogP contribution in [0.3, 0.4) is 0 Å². The van der Waals surface area contributed by atoms with Crippen molar-refractivity contribution in [2.45, 2.75) is 39.8 Å². The lowest BCUT2D eigenvalue weighted by Crippen LogP contribution is -2.31. The molecule has 0 saturated heterocycles. The van der Waals surface area contributed by atoms with Gasteiger partial charge in [0, 0.05) is 6.54 Å². The minimum atomic E-state index is -0.432. The minimum absolute atomic E-state index is 0.432. The maximum Gasteiger partial charge on any atom is 0.178 e. The molecule has 1 aliphatic rings. The number of hydrogen-bond donors (Lipinski definition) is 1. The van der Waals surface area contributed by atoms with Crippen molar-refractivity contribution in [3.05, 3.63) is 35.5 Å². The highest BCUT2D eigenvalue weighted by atomic mass is 16.5. The summed E-state index contributed by atoms with van der Waals surface area (Å²) in [6.45, 7) is 10.2. The second-order valence-corrected chi connectivity index (χ2v) is 6.47. The number of ether oxygens (including phenoxy) is 1. The van der Waals surface area contributed by atoms with E-state index < -0.39 is 5.60 Å². The van der Waals surface area contributed by atoms with E-state index in [1.807, 2.05) is 24.3 Å². The Morgan fingerprint density at radius 3 is 2.76 bits per heavy atom. The maximum atomic E-state index is 6.14. The van der Waals surface area contributed by atoms with Crippen molar-refractivity contribution < 1.29 is 9.26 Å². The molecule has 2 aromatic rings. The second-order valence-electron chi connectivity index (χ2n) is 6.47. The lowest BCUT2D eigenvalue weighted by Gasteiger charge is -2.32. The molecular weight excluding hydrogens is 264 g/mol. The van der Waals surface area contributed by atoms with Gasteiger partial charge in [0.15, 0.2) is 5.76 Å². The molecule has 0 spiro atoms. The number of nitrogens with zero attached hydrogens (tertiary/aromatic N) is 1. The molecule has 0 bridgehead atoms. The highest BCUT2D eigenvalue weighted by Crippen LogP contribution is 2.46. The van der Waals surface area contributed by atoms with E-state index >= 15 is 0 Å². The first-order valence-electron chi connectivity index (χ1n) is 7.47. The number of hydrogen-bond acceptors (Lipinski definition) is 4. The molecule has 0 aliphatic carbocycles. The molecule has 3 rings (SSSR count). The zero-order valence-electron chi connectivity index (χ0n) is 13.1. The molecule has 112 valence electrons. The third-order valence-electron chi connectivity index (χ3n) is 3.71. The molecule has 1 aromatic heterocycles. The fraction of sp³-hybridized carbons (Fsp3) is 0.471. The third kappa shape index (κ3) is 2.56. The van der Waals surface area contributed by atoms with E-state index in [2.05, 4.69) is 38.2 Å². The van der Waals surface area contributed by atoms with Crippen LogP contribution in [0.2, 0.25) is 0 Å². The van der Waals surface area contributed by atoms with Gasteiger partial charge in [-0.3, -0.25) is 0 Å². The van der Waals surface area contributed by atoms with Crippen LogP contribution in [0.1, 0.15) is 39.0 Å². The monoisotopic (exact) mass is 286 g/mol. The molecule has 1 aliphatic heterocycles. The first kappa shape index (κ1) is 14.1. The average molecular weight is 286 g/mol. The summed E-state index contributed by atoms with van der Waals surface area (Å²) >= 11 is 0. The normalized spacial score (nSPS) is 15.5. The summed E-state index contributed by atoms with van der Waals surface area (Å²) in [6.07, 6.45) is 0. The molecule has 0 amide bonds. The predicted octanol–water partition coefficient (Wildman–Crippen LogP) is 3.71.